The number of hydrogen-bond acceptors (Lipinski definition) is 4. The number of hydrogen-bond donors (Lipinski definition) is 0. The van der Waals surface area contributed by atoms with E-state index in [4.69, 9.17) is 16.3 Å². The molecule has 5 nitrogen and oxygen atoms in total. The summed E-state index contributed by atoms with van der Waals surface area (Å²) < 4.78 is 7.23. The first kappa shape index (κ1) is 20.1. The van der Waals surface area contributed by atoms with Gasteiger partial charge in [0.25, 0.3) is 5.91 Å². The molecule has 4 rings (SSSR count). The van der Waals surface area contributed by atoms with Crippen LogP contribution in [0.2, 0.25) is 5.02 Å². The standard InChI is InChI=1S/C23H17ClN2O3S/c1-29-20(27)14-26-21-18(24)8-5-9-19(21)30-23(26)25-22(28)17-12-10-16(11-13-17)15-6-3-2-4-7-15/h2-13H,14H2,1H3. The molecule has 1 amide bonds. The van der Waals surface area contributed by atoms with Crippen LogP contribution in [0.25, 0.3) is 21.3 Å². The van der Waals surface area contributed by atoms with E-state index < -0.39 is 11.9 Å². The van der Waals surface area contributed by atoms with Crippen molar-refractivity contribution in [3.63, 3.8) is 0 Å². The molecule has 0 saturated heterocycles. The SMILES string of the molecule is COC(=O)Cn1c(=NC(=O)c2ccc(-c3ccccc3)cc2)sc2cccc(Cl)c21. The number of esters is 1. The highest BCUT2D eigenvalue weighted by Gasteiger charge is 2.14. The van der Waals surface area contributed by atoms with E-state index >= 15 is 0 Å². The molecule has 0 aliphatic heterocycles. The second kappa shape index (κ2) is 8.65. The zero-order valence-corrected chi connectivity index (χ0v) is 17.6. The Morgan fingerprint density at radius 1 is 0.967 bits per heavy atom. The molecule has 1 heterocycles. The Balaban J connectivity index is 1.73. The van der Waals surface area contributed by atoms with E-state index in [0.717, 1.165) is 15.8 Å². The van der Waals surface area contributed by atoms with Gasteiger partial charge in [-0.1, -0.05) is 71.5 Å². The Labute approximate surface area is 181 Å². The van der Waals surface area contributed by atoms with Crippen LogP contribution in [0, 0.1) is 0 Å². The average molecular weight is 437 g/mol. The number of carbonyl (C=O) groups is 2. The molecule has 0 aliphatic carbocycles. The van der Waals surface area contributed by atoms with Gasteiger partial charge < -0.3 is 9.30 Å². The Hall–Kier alpha value is -3.22. The predicted molar refractivity (Wildman–Crippen MR) is 119 cm³/mol. The quantitative estimate of drug-likeness (QED) is 0.426. The van der Waals surface area contributed by atoms with Crippen LogP contribution in [0.5, 0.6) is 0 Å². The number of methoxy groups -OCH3 is 1. The summed E-state index contributed by atoms with van der Waals surface area (Å²) in [5, 5.41) is 0.480. The highest BCUT2D eigenvalue weighted by molar-refractivity contribution is 7.16. The minimum absolute atomic E-state index is 0.0840. The average Bonchev–Trinajstić information content (AvgIpc) is 3.12. The molecule has 3 aromatic carbocycles. The van der Waals surface area contributed by atoms with Crippen LogP contribution in [-0.4, -0.2) is 23.6 Å². The third kappa shape index (κ3) is 4.06. The van der Waals surface area contributed by atoms with Crippen molar-refractivity contribution in [3.8, 4) is 11.1 Å². The van der Waals surface area contributed by atoms with E-state index in [-0.39, 0.29) is 6.54 Å². The van der Waals surface area contributed by atoms with Gasteiger partial charge in [0.05, 0.1) is 22.3 Å². The fourth-order valence-corrected chi connectivity index (χ4v) is 4.49. The molecule has 0 spiro atoms. The summed E-state index contributed by atoms with van der Waals surface area (Å²) in [6.45, 7) is -0.0840. The molecule has 0 saturated carbocycles. The number of fused-ring (bicyclic) bond motifs is 1. The molecule has 4 aromatic rings. The van der Waals surface area contributed by atoms with E-state index in [0.29, 0.717) is 20.9 Å². The molecule has 150 valence electrons. The fourth-order valence-electron chi connectivity index (χ4n) is 3.10. The molecule has 0 bridgehead atoms. The molecule has 0 atom stereocenters. The summed E-state index contributed by atoms with van der Waals surface area (Å²) >= 11 is 7.64. The van der Waals surface area contributed by atoms with Crippen molar-refractivity contribution in [2.75, 3.05) is 7.11 Å². The van der Waals surface area contributed by atoms with Crippen LogP contribution < -0.4 is 4.80 Å². The molecule has 0 radical (unpaired) electrons. The molecule has 0 fully saturated rings. The third-order valence-electron chi connectivity index (χ3n) is 4.60. The van der Waals surface area contributed by atoms with E-state index in [9.17, 15) is 9.59 Å². The summed E-state index contributed by atoms with van der Waals surface area (Å²) in [6, 6.07) is 22.6. The van der Waals surface area contributed by atoms with Gasteiger partial charge in [0.2, 0.25) is 0 Å². The number of amides is 1. The van der Waals surface area contributed by atoms with Crippen LogP contribution in [0.1, 0.15) is 10.4 Å². The number of rotatable bonds is 4. The molecule has 0 unspecified atom stereocenters. The molecule has 0 N–H and O–H groups in total. The summed E-state index contributed by atoms with van der Waals surface area (Å²) in [5.74, 6) is -0.841. The number of ether oxygens (including phenoxy) is 1. The van der Waals surface area contributed by atoms with Gasteiger partial charge in [0.15, 0.2) is 4.80 Å². The normalized spacial score (nSPS) is 11.6. The van der Waals surface area contributed by atoms with Gasteiger partial charge in [0, 0.05) is 5.56 Å². The van der Waals surface area contributed by atoms with E-state index in [2.05, 4.69) is 4.99 Å². The molecule has 1 aromatic heterocycles. The minimum atomic E-state index is -0.448. The second-order valence-electron chi connectivity index (χ2n) is 6.49. The van der Waals surface area contributed by atoms with Crippen LogP contribution in [0.3, 0.4) is 0 Å². The van der Waals surface area contributed by atoms with Crippen LogP contribution in [0.4, 0.5) is 0 Å². The van der Waals surface area contributed by atoms with Crippen molar-refractivity contribution >= 4 is 45.0 Å². The maximum Gasteiger partial charge on any atom is 0.325 e. The summed E-state index contributed by atoms with van der Waals surface area (Å²) in [5.41, 5.74) is 3.20. The molecule has 7 heteroatoms. The van der Waals surface area contributed by atoms with Crippen molar-refractivity contribution in [2.45, 2.75) is 6.54 Å². The number of nitrogens with zero attached hydrogens (tertiary/aromatic N) is 2. The largest absolute Gasteiger partial charge is 0.468 e. The number of benzene rings is 3. The lowest BCUT2D eigenvalue weighted by molar-refractivity contribution is -0.141. The Bertz CT molecular complexity index is 1290. The number of para-hydroxylation sites is 1. The molecule has 30 heavy (non-hydrogen) atoms. The highest BCUT2D eigenvalue weighted by atomic mass is 35.5. The van der Waals surface area contributed by atoms with Gasteiger partial charge in [0.1, 0.15) is 6.54 Å². The van der Waals surface area contributed by atoms with Crippen LogP contribution >= 0.6 is 22.9 Å². The maximum absolute atomic E-state index is 12.8. The molecular formula is C23H17ClN2O3S. The Morgan fingerprint density at radius 3 is 2.37 bits per heavy atom. The van der Waals surface area contributed by atoms with Gasteiger partial charge in [-0.25, -0.2) is 0 Å². The first-order valence-corrected chi connectivity index (χ1v) is 10.4. The smallest absolute Gasteiger partial charge is 0.325 e. The van der Waals surface area contributed by atoms with Crippen molar-refractivity contribution in [1.82, 2.24) is 4.57 Å². The zero-order valence-electron chi connectivity index (χ0n) is 16.0. The highest BCUT2D eigenvalue weighted by Crippen LogP contribution is 2.25. The lowest BCUT2D eigenvalue weighted by Crippen LogP contribution is -2.22. The van der Waals surface area contributed by atoms with Crippen molar-refractivity contribution in [1.29, 1.82) is 0 Å². The third-order valence-corrected chi connectivity index (χ3v) is 5.95. The number of halogens is 1. The zero-order chi connectivity index (χ0) is 21.1. The minimum Gasteiger partial charge on any atom is -0.468 e. The summed E-state index contributed by atoms with van der Waals surface area (Å²) in [4.78, 5) is 29.4. The van der Waals surface area contributed by atoms with Crippen LogP contribution in [-0.2, 0) is 16.1 Å². The molecule has 0 aliphatic rings. The van der Waals surface area contributed by atoms with Crippen molar-refractivity contribution < 1.29 is 14.3 Å². The van der Waals surface area contributed by atoms with Gasteiger partial charge in [-0.2, -0.15) is 4.99 Å². The fraction of sp³-hybridized carbons (Fsp3) is 0.0870. The second-order valence-corrected chi connectivity index (χ2v) is 7.91. The van der Waals surface area contributed by atoms with E-state index in [1.54, 1.807) is 22.8 Å². The summed E-state index contributed by atoms with van der Waals surface area (Å²) in [6.07, 6.45) is 0. The first-order chi connectivity index (χ1) is 14.6. The lowest BCUT2D eigenvalue weighted by Gasteiger charge is -2.05. The van der Waals surface area contributed by atoms with Gasteiger partial charge >= 0.3 is 5.97 Å². The van der Waals surface area contributed by atoms with Gasteiger partial charge in [-0.3, -0.25) is 9.59 Å². The number of aromatic nitrogens is 1. The number of carbonyl (C=O) groups excluding carboxylic acids is 2. The Kier molecular flexibility index (Phi) is 5.79. The van der Waals surface area contributed by atoms with E-state index in [1.807, 2.05) is 54.6 Å². The number of thiazole rings is 1. The van der Waals surface area contributed by atoms with Crippen LogP contribution in [0.15, 0.2) is 77.8 Å². The van der Waals surface area contributed by atoms with Crippen molar-refractivity contribution in [2.24, 2.45) is 4.99 Å². The van der Waals surface area contributed by atoms with Crippen molar-refractivity contribution in [3.05, 3.63) is 88.2 Å². The topological polar surface area (TPSA) is 60.7 Å². The van der Waals surface area contributed by atoms with Gasteiger partial charge in [-0.15, -0.1) is 0 Å². The summed E-state index contributed by atoms with van der Waals surface area (Å²) in [7, 11) is 1.31. The Morgan fingerprint density at radius 2 is 1.67 bits per heavy atom. The predicted octanol–water partition coefficient (Wildman–Crippen LogP) is 4.94. The van der Waals surface area contributed by atoms with Gasteiger partial charge in [-0.05, 0) is 35.4 Å². The maximum atomic E-state index is 12.8. The lowest BCUT2D eigenvalue weighted by atomic mass is 10.0. The molecular weight excluding hydrogens is 420 g/mol. The van der Waals surface area contributed by atoms with E-state index in [1.165, 1.54) is 18.4 Å². The monoisotopic (exact) mass is 436 g/mol. The first-order valence-electron chi connectivity index (χ1n) is 9.16.